The van der Waals surface area contributed by atoms with Crippen LogP contribution >= 0.6 is 35.6 Å². The van der Waals surface area contributed by atoms with E-state index in [9.17, 15) is 9.59 Å². The van der Waals surface area contributed by atoms with Crippen LogP contribution in [0.3, 0.4) is 0 Å². The van der Waals surface area contributed by atoms with Gasteiger partial charge in [-0.05, 0) is 38.0 Å². The van der Waals surface area contributed by atoms with Gasteiger partial charge in [-0.25, -0.2) is 0 Å². The maximum absolute atomic E-state index is 12.5. The molecule has 134 valence electrons. The lowest BCUT2D eigenvalue weighted by atomic mass is 10.0. The second-order valence-electron chi connectivity index (χ2n) is 5.98. The number of nitrogens with two attached hydrogens (primary N) is 1. The fraction of sp³-hybridized carbons (Fsp3) is 0.500. The van der Waals surface area contributed by atoms with E-state index in [1.54, 1.807) is 36.9 Å². The van der Waals surface area contributed by atoms with Crippen molar-refractivity contribution in [2.45, 2.75) is 38.8 Å². The van der Waals surface area contributed by atoms with Crippen molar-refractivity contribution in [2.24, 2.45) is 11.7 Å². The summed E-state index contributed by atoms with van der Waals surface area (Å²) in [6.07, 6.45) is 1.43. The number of halogens is 3. The SMILES string of the molecule is CC(N)C(C)C(=O)N1CCCC1C(=O)Nc1cc(Cl)cc(Cl)c1.Cl. The zero-order valence-electron chi connectivity index (χ0n) is 13.6. The Morgan fingerprint density at radius 1 is 1.25 bits per heavy atom. The van der Waals surface area contributed by atoms with Crippen LogP contribution in [-0.4, -0.2) is 35.3 Å². The molecule has 1 saturated heterocycles. The van der Waals surface area contributed by atoms with E-state index in [0.717, 1.165) is 6.42 Å². The summed E-state index contributed by atoms with van der Waals surface area (Å²) in [5.74, 6) is -0.628. The van der Waals surface area contributed by atoms with Gasteiger partial charge in [0.2, 0.25) is 11.8 Å². The van der Waals surface area contributed by atoms with Gasteiger partial charge in [-0.3, -0.25) is 9.59 Å². The smallest absolute Gasteiger partial charge is 0.247 e. The number of hydrogen-bond acceptors (Lipinski definition) is 3. The number of benzene rings is 1. The molecule has 1 heterocycles. The van der Waals surface area contributed by atoms with Crippen molar-refractivity contribution in [3.8, 4) is 0 Å². The summed E-state index contributed by atoms with van der Waals surface area (Å²) >= 11 is 11.9. The predicted octanol–water partition coefficient (Wildman–Crippen LogP) is 3.33. The summed E-state index contributed by atoms with van der Waals surface area (Å²) in [5, 5.41) is 3.67. The quantitative estimate of drug-likeness (QED) is 0.822. The maximum Gasteiger partial charge on any atom is 0.247 e. The van der Waals surface area contributed by atoms with Crippen molar-refractivity contribution in [1.29, 1.82) is 0 Å². The zero-order chi connectivity index (χ0) is 17.1. The summed E-state index contributed by atoms with van der Waals surface area (Å²) < 4.78 is 0. The van der Waals surface area contributed by atoms with Gasteiger partial charge in [0.05, 0.1) is 5.92 Å². The van der Waals surface area contributed by atoms with E-state index < -0.39 is 6.04 Å². The minimum atomic E-state index is -0.485. The molecule has 2 amide bonds. The van der Waals surface area contributed by atoms with Gasteiger partial charge in [0.15, 0.2) is 0 Å². The molecular formula is C16H22Cl3N3O2. The van der Waals surface area contributed by atoms with Crippen molar-refractivity contribution in [3.63, 3.8) is 0 Å². The highest BCUT2D eigenvalue weighted by atomic mass is 35.5. The van der Waals surface area contributed by atoms with Gasteiger partial charge in [-0.2, -0.15) is 0 Å². The number of amides is 2. The van der Waals surface area contributed by atoms with E-state index in [1.165, 1.54) is 0 Å². The zero-order valence-corrected chi connectivity index (χ0v) is 15.9. The van der Waals surface area contributed by atoms with Crippen LogP contribution in [0.25, 0.3) is 0 Å². The Morgan fingerprint density at radius 2 is 1.83 bits per heavy atom. The Balaban J connectivity index is 0.00000288. The molecule has 0 spiro atoms. The third-order valence-electron chi connectivity index (χ3n) is 4.15. The van der Waals surface area contributed by atoms with Crippen LogP contribution in [-0.2, 0) is 9.59 Å². The fourth-order valence-electron chi connectivity index (χ4n) is 2.64. The first-order valence-electron chi connectivity index (χ1n) is 7.62. The summed E-state index contributed by atoms with van der Waals surface area (Å²) in [7, 11) is 0. The molecule has 8 heteroatoms. The average Bonchev–Trinajstić information content (AvgIpc) is 2.93. The molecule has 1 aromatic rings. The second-order valence-corrected chi connectivity index (χ2v) is 6.86. The lowest BCUT2D eigenvalue weighted by Crippen LogP contribution is -2.48. The molecule has 1 fully saturated rings. The van der Waals surface area contributed by atoms with Gasteiger partial charge >= 0.3 is 0 Å². The van der Waals surface area contributed by atoms with E-state index in [-0.39, 0.29) is 36.2 Å². The van der Waals surface area contributed by atoms with Gasteiger partial charge in [0.1, 0.15) is 6.04 Å². The van der Waals surface area contributed by atoms with Crippen molar-refractivity contribution in [1.82, 2.24) is 4.90 Å². The second kappa shape index (κ2) is 8.90. The molecular weight excluding hydrogens is 373 g/mol. The fourth-order valence-corrected chi connectivity index (χ4v) is 3.17. The summed E-state index contributed by atoms with van der Waals surface area (Å²) in [4.78, 5) is 26.6. The molecule has 1 aromatic carbocycles. The van der Waals surface area contributed by atoms with Crippen LogP contribution in [0.4, 0.5) is 5.69 Å². The maximum atomic E-state index is 12.5. The predicted molar refractivity (Wildman–Crippen MR) is 99.9 cm³/mol. The Labute approximate surface area is 158 Å². The standard InChI is InChI=1S/C16H21Cl2N3O2.ClH/c1-9(10(2)19)16(23)21-5-3-4-14(21)15(22)20-13-7-11(17)6-12(18)8-13;/h6-10,14H,3-5,19H2,1-2H3,(H,20,22);1H. The van der Waals surface area contributed by atoms with Crippen LogP contribution in [0, 0.1) is 5.92 Å². The number of hydrogen-bond donors (Lipinski definition) is 2. The number of anilines is 1. The largest absolute Gasteiger partial charge is 0.330 e. The Morgan fingerprint density at radius 3 is 2.38 bits per heavy atom. The van der Waals surface area contributed by atoms with Gasteiger partial charge in [0.25, 0.3) is 0 Å². The van der Waals surface area contributed by atoms with E-state index in [1.807, 2.05) is 0 Å². The first-order chi connectivity index (χ1) is 10.8. The van der Waals surface area contributed by atoms with Gasteiger partial charge in [-0.1, -0.05) is 30.1 Å². The topological polar surface area (TPSA) is 75.4 Å². The van der Waals surface area contributed by atoms with Crippen molar-refractivity contribution in [3.05, 3.63) is 28.2 Å². The molecule has 0 radical (unpaired) electrons. The van der Waals surface area contributed by atoms with Gasteiger partial charge < -0.3 is 16.0 Å². The minimum Gasteiger partial charge on any atom is -0.330 e. The number of nitrogens with one attached hydrogen (secondary N) is 1. The van der Waals surface area contributed by atoms with Crippen LogP contribution in [0.1, 0.15) is 26.7 Å². The van der Waals surface area contributed by atoms with Crippen LogP contribution < -0.4 is 11.1 Å². The Hall–Kier alpha value is -1.01. The number of carbonyl (C=O) groups is 2. The highest BCUT2D eigenvalue weighted by Gasteiger charge is 2.36. The van der Waals surface area contributed by atoms with Crippen LogP contribution in [0.5, 0.6) is 0 Å². The molecule has 3 atom stereocenters. The highest BCUT2D eigenvalue weighted by molar-refractivity contribution is 6.35. The summed E-state index contributed by atoms with van der Waals surface area (Å²) in [6, 6.07) is 4.10. The number of rotatable bonds is 4. The molecule has 5 nitrogen and oxygen atoms in total. The Kier molecular flexibility index (Phi) is 7.80. The highest BCUT2D eigenvalue weighted by Crippen LogP contribution is 2.25. The molecule has 0 aliphatic carbocycles. The lowest BCUT2D eigenvalue weighted by Gasteiger charge is -2.28. The van der Waals surface area contributed by atoms with Crippen LogP contribution in [0.15, 0.2) is 18.2 Å². The van der Waals surface area contributed by atoms with Crippen molar-refractivity contribution < 1.29 is 9.59 Å². The third-order valence-corrected chi connectivity index (χ3v) is 4.58. The molecule has 1 aliphatic rings. The normalized spacial score (nSPS) is 19.4. The molecule has 1 aliphatic heterocycles. The molecule has 3 unspecified atom stereocenters. The lowest BCUT2D eigenvalue weighted by molar-refractivity contribution is -0.140. The number of likely N-dealkylation sites (tertiary alicyclic amines) is 1. The minimum absolute atomic E-state index is 0. The average molecular weight is 395 g/mol. The molecule has 2 rings (SSSR count). The van der Waals surface area contributed by atoms with E-state index in [2.05, 4.69) is 5.32 Å². The monoisotopic (exact) mass is 393 g/mol. The van der Waals surface area contributed by atoms with Gasteiger partial charge in [0, 0.05) is 28.3 Å². The molecule has 24 heavy (non-hydrogen) atoms. The first kappa shape index (κ1) is 21.0. The summed E-state index contributed by atoms with van der Waals surface area (Å²) in [6.45, 7) is 4.16. The summed E-state index contributed by atoms with van der Waals surface area (Å²) in [5.41, 5.74) is 6.33. The number of carbonyl (C=O) groups excluding carboxylic acids is 2. The van der Waals surface area contributed by atoms with Gasteiger partial charge in [-0.15, -0.1) is 12.4 Å². The van der Waals surface area contributed by atoms with Crippen molar-refractivity contribution in [2.75, 3.05) is 11.9 Å². The van der Waals surface area contributed by atoms with E-state index in [0.29, 0.717) is 28.7 Å². The number of nitrogens with zero attached hydrogens (tertiary/aromatic N) is 1. The van der Waals surface area contributed by atoms with E-state index in [4.69, 9.17) is 28.9 Å². The Bertz CT molecular complexity index is 590. The van der Waals surface area contributed by atoms with Crippen LogP contribution in [0.2, 0.25) is 10.0 Å². The molecule has 0 aromatic heterocycles. The molecule has 0 saturated carbocycles. The molecule has 0 bridgehead atoms. The first-order valence-corrected chi connectivity index (χ1v) is 8.38. The van der Waals surface area contributed by atoms with Crippen molar-refractivity contribution >= 4 is 53.1 Å². The van der Waals surface area contributed by atoms with E-state index >= 15 is 0 Å². The molecule has 3 N–H and O–H groups in total. The third kappa shape index (κ3) is 4.99.